The Hall–Kier alpha value is -2.85. The SMILES string of the molecule is COC(=O)Nc1ccc2c(c1OC)[C@H](CO)N1C(=O)[C@@H]3C[C@@H](C(=O)OC(C)(C)C)[C@H]([C@@H]1C2)N3C. The van der Waals surface area contributed by atoms with Gasteiger partial charge in [-0.25, -0.2) is 4.79 Å². The Morgan fingerprint density at radius 3 is 2.53 bits per heavy atom. The number of fused-ring (bicyclic) bond motifs is 5. The summed E-state index contributed by atoms with van der Waals surface area (Å²) in [5, 5.41) is 13.1. The van der Waals surface area contributed by atoms with Crippen LogP contribution in [0.3, 0.4) is 0 Å². The van der Waals surface area contributed by atoms with Gasteiger partial charge in [-0.05, 0) is 52.3 Å². The number of carbonyl (C=O) groups is 3. The number of nitrogens with one attached hydrogen (secondary N) is 1. The molecule has 34 heavy (non-hydrogen) atoms. The summed E-state index contributed by atoms with van der Waals surface area (Å²) in [5.41, 5.74) is 1.31. The van der Waals surface area contributed by atoms with E-state index in [-0.39, 0.29) is 30.6 Å². The molecule has 2 N–H and O–H groups in total. The number of anilines is 1. The first-order chi connectivity index (χ1) is 16.0. The van der Waals surface area contributed by atoms with Crippen LogP contribution in [0.1, 0.15) is 44.4 Å². The normalized spacial score (nSPS) is 28.1. The molecule has 1 aromatic carbocycles. The first-order valence-electron chi connectivity index (χ1n) is 11.4. The van der Waals surface area contributed by atoms with Crippen LogP contribution in [0.25, 0.3) is 0 Å². The minimum absolute atomic E-state index is 0.132. The number of ether oxygens (including phenoxy) is 3. The van der Waals surface area contributed by atoms with Crippen LogP contribution in [0.4, 0.5) is 10.5 Å². The van der Waals surface area contributed by atoms with Gasteiger partial charge in [0.2, 0.25) is 5.91 Å². The van der Waals surface area contributed by atoms with E-state index in [1.807, 2.05) is 38.8 Å². The number of benzene rings is 1. The second-order valence-corrected chi connectivity index (χ2v) is 10.1. The zero-order chi connectivity index (χ0) is 24.9. The average Bonchev–Trinajstić information content (AvgIpc) is 3.05. The molecule has 0 radical (unpaired) electrons. The smallest absolute Gasteiger partial charge is 0.411 e. The lowest BCUT2D eigenvalue weighted by Gasteiger charge is -2.52. The molecule has 0 aromatic heterocycles. The highest BCUT2D eigenvalue weighted by molar-refractivity contribution is 5.89. The summed E-state index contributed by atoms with van der Waals surface area (Å²) in [6.07, 6.45) is 0.206. The molecule has 2 amide bonds. The summed E-state index contributed by atoms with van der Waals surface area (Å²) in [6.45, 7) is 5.17. The van der Waals surface area contributed by atoms with E-state index >= 15 is 0 Å². The molecule has 1 aromatic rings. The fraction of sp³-hybridized carbons (Fsp3) is 0.625. The highest BCUT2D eigenvalue weighted by Crippen LogP contribution is 2.49. The molecule has 3 aliphatic rings. The van der Waals surface area contributed by atoms with Crippen molar-refractivity contribution in [2.45, 2.75) is 63.4 Å². The molecule has 186 valence electrons. The fourth-order valence-electron chi connectivity index (χ4n) is 5.78. The molecule has 10 heteroatoms. The van der Waals surface area contributed by atoms with Gasteiger partial charge < -0.3 is 24.2 Å². The third-order valence-corrected chi connectivity index (χ3v) is 7.04. The van der Waals surface area contributed by atoms with E-state index in [0.29, 0.717) is 29.8 Å². The minimum atomic E-state index is -0.674. The summed E-state index contributed by atoms with van der Waals surface area (Å²) in [5.74, 6) is -0.504. The average molecular weight is 476 g/mol. The van der Waals surface area contributed by atoms with Gasteiger partial charge in [-0.3, -0.25) is 19.8 Å². The second-order valence-electron chi connectivity index (χ2n) is 10.1. The Morgan fingerprint density at radius 1 is 1.24 bits per heavy atom. The molecule has 4 rings (SSSR count). The maximum Gasteiger partial charge on any atom is 0.411 e. The van der Waals surface area contributed by atoms with Crippen molar-refractivity contribution in [1.29, 1.82) is 0 Å². The Balaban J connectivity index is 1.77. The predicted molar refractivity (Wildman–Crippen MR) is 122 cm³/mol. The van der Waals surface area contributed by atoms with Gasteiger partial charge in [0.05, 0.1) is 50.6 Å². The number of hydrogen-bond acceptors (Lipinski definition) is 8. The van der Waals surface area contributed by atoms with E-state index in [1.54, 1.807) is 11.0 Å². The van der Waals surface area contributed by atoms with Crippen molar-refractivity contribution in [3.63, 3.8) is 0 Å². The number of aliphatic hydroxyl groups excluding tert-OH is 1. The number of nitrogens with zero attached hydrogens (tertiary/aromatic N) is 2. The minimum Gasteiger partial charge on any atom is -0.494 e. The molecule has 0 unspecified atom stereocenters. The van der Waals surface area contributed by atoms with Crippen molar-refractivity contribution in [3.05, 3.63) is 23.3 Å². The number of amides is 2. The van der Waals surface area contributed by atoms with Gasteiger partial charge in [0.1, 0.15) is 11.4 Å². The zero-order valence-corrected chi connectivity index (χ0v) is 20.5. The van der Waals surface area contributed by atoms with Crippen molar-refractivity contribution in [1.82, 2.24) is 9.80 Å². The van der Waals surface area contributed by atoms with Crippen LogP contribution in [0.15, 0.2) is 12.1 Å². The number of methoxy groups -OCH3 is 2. The number of esters is 1. The molecule has 5 atom stereocenters. The lowest BCUT2D eigenvalue weighted by Crippen LogP contribution is -2.65. The van der Waals surface area contributed by atoms with Crippen molar-refractivity contribution < 1.29 is 33.7 Å². The van der Waals surface area contributed by atoms with Crippen molar-refractivity contribution >= 4 is 23.7 Å². The van der Waals surface area contributed by atoms with Gasteiger partial charge in [-0.1, -0.05) is 6.07 Å². The molecule has 0 saturated carbocycles. The van der Waals surface area contributed by atoms with Crippen LogP contribution in [-0.4, -0.2) is 84.5 Å². The molecular weight excluding hydrogens is 442 g/mol. The van der Waals surface area contributed by atoms with E-state index < -0.39 is 29.7 Å². The number of aliphatic hydroxyl groups is 1. The molecule has 2 saturated heterocycles. The van der Waals surface area contributed by atoms with E-state index in [4.69, 9.17) is 14.2 Å². The van der Waals surface area contributed by atoms with Crippen molar-refractivity contribution in [3.8, 4) is 5.75 Å². The van der Waals surface area contributed by atoms with Gasteiger partial charge in [0, 0.05) is 11.6 Å². The topological polar surface area (TPSA) is 118 Å². The van der Waals surface area contributed by atoms with Gasteiger partial charge in [0.25, 0.3) is 0 Å². The number of hydrogen-bond donors (Lipinski definition) is 2. The van der Waals surface area contributed by atoms with Crippen LogP contribution in [0.2, 0.25) is 0 Å². The number of rotatable bonds is 4. The summed E-state index contributed by atoms with van der Waals surface area (Å²) >= 11 is 0. The monoisotopic (exact) mass is 475 g/mol. The molecule has 3 aliphatic heterocycles. The van der Waals surface area contributed by atoms with Gasteiger partial charge >= 0.3 is 12.1 Å². The molecule has 3 heterocycles. The van der Waals surface area contributed by atoms with E-state index in [2.05, 4.69) is 5.32 Å². The molecule has 0 aliphatic carbocycles. The summed E-state index contributed by atoms with van der Waals surface area (Å²) in [6, 6.07) is 1.87. The summed E-state index contributed by atoms with van der Waals surface area (Å²) in [7, 11) is 4.62. The van der Waals surface area contributed by atoms with Crippen LogP contribution < -0.4 is 10.1 Å². The predicted octanol–water partition coefficient (Wildman–Crippen LogP) is 1.70. The number of likely N-dealkylation sites (N-methyl/N-ethyl adjacent to an activating group) is 1. The maximum absolute atomic E-state index is 13.7. The number of piperazine rings is 1. The Morgan fingerprint density at radius 2 is 1.94 bits per heavy atom. The Labute approximate surface area is 199 Å². The van der Waals surface area contributed by atoms with Crippen LogP contribution in [0.5, 0.6) is 5.75 Å². The third-order valence-electron chi connectivity index (χ3n) is 7.04. The largest absolute Gasteiger partial charge is 0.494 e. The van der Waals surface area contributed by atoms with Crippen LogP contribution in [-0.2, 0) is 25.5 Å². The molecule has 0 spiro atoms. The first kappa shape index (κ1) is 24.3. The van der Waals surface area contributed by atoms with Crippen LogP contribution >= 0.6 is 0 Å². The van der Waals surface area contributed by atoms with Gasteiger partial charge in [-0.15, -0.1) is 0 Å². The summed E-state index contributed by atoms with van der Waals surface area (Å²) < 4.78 is 16.0. The first-order valence-corrected chi connectivity index (χ1v) is 11.4. The molecule has 10 nitrogen and oxygen atoms in total. The van der Waals surface area contributed by atoms with Gasteiger partial charge in [0.15, 0.2) is 0 Å². The van der Waals surface area contributed by atoms with E-state index in [0.717, 1.165) is 5.56 Å². The summed E-state index contributed by atoms with van der Waals surface area (Å²) in [4.78, 5) is 42.3. The quantitative estimate of drug-likeness (QED) is 0.632. The highest BCUT2D eigenvalue weighted by atomic mass is 16.6. The fourth-order valence-corrected chi connectivity index (χ4v) is 5.78. The zero-order valence-electron chi connectivity index (χ0n) is 20.5. The molecule has 2 fully saturated rings. The van der Waals surface area contributed by atoms with Crippen molar-refractivity contribution in [2.24, 2.45) is 5.92 Å². The van der Waals surface area contributed by atoms with E-state index in [1.165, 1.54) is 14.2 Å². The lowest BCUT2D eigenvalue weighted by atomic mass is 9.81. The Bertz CT molecular complexity index is 1010. The molecule has 2 bridgehead atoms. The standard InChI is InChI=1S/C24H33N3O7/c1-24(2,3)34-22(30)13-10-16-21(29)27-15(19(13)26(16)4)9-12-7-8-14(25-23(31)33-6)20(32-5)18(12)17(27)11-28/h7-8,13,15-17,19,28H,9-11H2,1-6H3,(H,25,31)/t13-,15+,16+,17+,19-/m1/s1. The third kappa shape index (κ3) is 3.88. The maximum atomic E-state index is 13.7. The molecular formula is C24H33N3O7. The lowest BCUT2D eigenvalue weighted by molar-refractivity contribution is -0.164. The van der Waals surface area contributed by atoms with Crippen molar-refractivity contribution in [2.75, 3.05) is 33.2 Å². The van der Waals surface area contributed by atoms with E-state index in [9.17, 15) is 19.5 Å². The van der Waals surface area contributed by atoms with Crippen LogP contribution in [0, 0.1) is 5.92 Å². The Kier molecular flexibility index (Phi) is 6.24. The second kappa shape index (κ2) is 8.74. The number of carbonyl (C=O) groups excluding carboxylic acids is 3. The highest BCUT2D eigenvalue weighted by Gasteiger charge is 2.59. The van der Waals surface area contributed by atoms with Gasteiger partial charge in [-0.2, -0.15) is 0 Å².